The Hall–Kier alpha value is -0.960. The minimum Gasteiger partial charge on any atom is -0.389 e. The summed E-state index contributed by atoms with van der Waals surface area (Å²) in [4.78, 5) is 9.06. The zero-order valence-corrected chi connectivity index (χ0v) is 11.9. The van der Waals surface area contributed by atoms with Crippen LogP contribution < -0.4 is 0 Å². The summed E-state index contributed by atoms with van der Waals surface area (Å²) < 4.78 is 0. The van der Waals surface area contributed by atoms with E-state index in [1.54, 1.807) is 13.1 Å². The number of hydrogen-bond donors (Lipinski definition) is 1. The third-order valence-corrected chi connectivity index (χ3v) is 4.19. The van der Waals surface area contributed by atoms with E-state index in [9.17, 15) is 5.11 Å². The molecule has 1 heterocycles. The van der Waals surface area contributed by atoms with Gasteiger partial charge in [0.15, 0.2) is 0 Å². The second-order valence-electron chi connectivity index (χ2n) is 6.38. The first kappa shape index (κ1) is 13.5. The van der Waals surface area contributed by atoms with Crippen LogP contribution in [-0.2, 0) is 0 Å². The standard InChI is InChI=1S/C15H24N2O/c1-10-13(11(2)18)9-16-14(17-10)12-5-7-15(3,4)8-6-12/h9,11-12,18H,5-8H2,1-4H3/t11-/m1/s1. The Bertz CT molecular complexity index is 417. The number of nitrogens with zero attached hydrogens (tertiary/aromatic N) is 2. The van der Waals surface area contributed by atoms with Gasteiger partial charge in [0, 0.05) is 23.4 Å². The Morgan fingerprint density at radius 2 is 1.94 bits per heavy atom. The van der Waals surface area contributed by atoms with Gasteiger partial charge in [0.25, 0.3) is 0 Å². The fourth-order valence-corrected chi connectivity index (χ4v) is 2.76. The fourth-order valence-electron chi connectivity index (χ4n) is 2.76. The van der Waals surface area contributed by atoms with Crippen LogP contribution in [0.2, 0.25) is 0 Å². The maximum Gasteiger partial charge on any atom is 0.131 e. The SMILES string of the molecule is Cc1nc(C2CCC(C)(C)CC2)ncc1[C@@H](C)O. The van der Waals surface area contributed by atoms with Crippen LogP contribution in [0.15, 0.2) is 6.20 Å². The molecule has 1 aromatic rings. The van der Waals surface area contributed by atoms with Crippen LogP contribution >= 0.6 is 0 Å². The molecule has 0 saturated heterocycles. The van der Waals surface area contributed by atoms with Crippen molar-refractivity contribution >= 4 is 0 Å². The first-order chi connectivity index (χ1) is 8.39. The number of hydrogen-bond acceptors (Lipinski definition) is 3. The molecule has 0 unspecified atom stereocenters. The van der Waals surface area contributed by atoms with Gasteiger partial charge in [0.2, 0.25) is 0 Å². The van der Waals surface area contributed by atoms with E-state index in [4.69, 9.17) is 0 Å². The Morgan fingerprint density at radius 1 is 1.33 bits per heavy atom. The van der Waals surface area contributed by atoms with E-state index >= 15 is 0 Å². The van der Waals surface area contributed by atoms with Crippen molar-refractivity contribution in [2.45, 2.75) is 65.4 Å². The van der Waals surface area contributed by atoms with Gasteiger partial charge in [-0.2, -0.15) is 0 Å². The van der Waals surface area contributed by atoms with Crippen LogP contribution in [-0.4, -0.2) is 15.1 Å². The predicted octanol–water partition coefficient (Wildman–Crippen LogP) is 3.52. The first-order valence-corrected chi connectivity index (χ1v) is 6.90. The zero-order chi connectivity index (χ0) is 13.3. The Balaban J connectivity index is 2.13. The van der Waals surface area contributed by atoms with E-state index in [0.717, 1.165) is 17.1 Å². The van der Waals surface area contributed by atoms with Crippen molar-refractivity contribution in [1.82, 2.24) is 9.97 Å². The van der Waals surface area contributed by atoms with Gasteiger partial charge < -0.3 is 5.11 Å². The highest BCUT2D eigenvalue weighted by molar-refractivity contribution is 5.19. The molecular formula is C15H24N2O. The molecule has 100 valence electrons. The number of aryl methyl sites for hydroxylation is 1. The quantitative estimate of drug-likeness (QED) is 0.871. The summed E-state index contributed by atoms with van der Waals surface area (Å²) in [5, 5.41) is 9.59. The second kappa shape index (κ2) is 4.96. The molecule has 1 fully saturated rings. The van der Waals surface area contributed by atoms with E-state index in [1.807, 2.05) is 6.92 Å². The van der Waals surface area contributed by atoms with Crippen LogP contribution in [0.3, 0.4) is 0 Å². The lowest BCUT2D eigenvalue weighted by molar-refractivity contribution is 0.196. The smallest absolute Gasteiger partial charge is 0.131 e. The molecule has 0 aromatic carbocycles. The van der Waals surface area contributed by atoms with Gasteiger partial charge in [-0.1, -0.05) is 13.8 Å². The number of aliphatic hydroxyl groups is 1. The Labute approximate surface area is 110 Å². The number of aromatic nitrogens is 2. The van der Waals surface area contributed by atoms with E-state index in [0.29, 0.717) is 11.3 Å². The summed E-state index contributed by atoms with van der Waals surface area (Å²) in [6.07, 6.45) is 6.17. The van der Waals surface area contributed by atoms with Crippen molar-refractivity contribution in [2.75, 3.05) is 0 Å². The Kier molecular flexibility index (Phi) is 3.71. The van der Waals surface area contributed by atoms with Crippen molar-refractivity contribution in [1.29, 1.82) is 0 Å². The lowest BCUT2D eigenvalue weighted by Crippen LogP contribution is -2.21. The molecule has 1 saturated carbocycles. The van der Waals surface area contributed by atoms with Crippen LogP contribution in [0.5, 0.6) is 0 Å². The maximum atomic E-state index is 9.59. The third-order valence-electron chi connectivity index (χ3n) is 4.19. The highest BCUT2D eigenvalue weighted by atomic mass is 16.3. The lowest BCUT2D eigenvalue weighted by atomic mass is 9.73. The molecule has 3 heteroatoms. The van der Waals surface area contributed by atoms with E-state index in [-0.39, 0.29) is 0 Å². The molecule has 0 spiro atoms. The topological polar surface area (TPSA) is 46.0 Å². The molecule has 1 N–H and O–H groups in total. The van der Waals surface area contributed by atoms with Gasteiger partial charge in [-0.05, 0) is 44.9 Å². The molecule has 0 aliphatic heterocycles. The molecule has 3 nitrogen and oxygen atoms in total. The van der Waals surface area contributed by atoms with Crippen molar-refractivity contribution < 1.29 is 5.11 Å². The molecule has 0 amide bonds. The van der Waals surface area contributed by atoms with E-state index in [2.05, 4.69) is 23.8 Å². The maximum absolute atomic E-state index is 9.59. The van der Waals surface area contributed by atoms with E-state index < -0.39 is 6.10 Å². The first-order valence-electron chi connectivity index (χ1n) is 6.90. The van der Waals surface area contributed by atoms with Crippen LogP contribution in [0.1, 0.15) is 75.6 Å². The van der Waals surface area contributed by atoms with Crippen molar-refractivity contribution in [3.63, 3.8) is 0 Å². The van der Waals surface area contributed by atoms with Crippen molar-refractivity contribution in [3.8, 4) is 0 Å². The zero-order valence-electron chi connectivity index (χ0n) is 11.9. The van der Waals surface area contributed by atoms with Crippen molar-refractivity contribution in [2.24, 2.45) is 5.41 Å². The van der Waals surface area contributed by atoms with Crippen LogP contribution in [0.25, 0.3) is 0 Å². The van der Waals surface area contributed by atoms with Crippen LogP contribution in [0.4, 0.5) is 0 Å². The largest absolute Gasteiger partial charge is 0.389 e. The number of rotatable bonds is 2. The lowest BCUT2D eigenvalue weighted by Gasteiger charge is -2.33. The molecule has 1 aromatic heterocycles. The molecule has 1 aliphatic rings. The Morgan fingerprint density at radius 3 is 2.44 bits per heavy atom. The van der Waals surface area contributed by atoms with Gasteiger partial charge in [-0.25, -0.2) is 9.97 Å². The van der Waals surface area contributed by atoms with Gasteiger partial charge in [-0.15, -0.1) is 0 Å². The molecular weight excluding hydrogens is 224 g/mol. The van der Waals surface area contributed by atoms with Gasteiger partial charge in [0.05, 0.1) is 6.10 Å². The highest BCUT2D eigenvalue weighted by Gasteiger charge is 2.29. The summed E-state index contributed by atoms with van der Waals surface area (Å²) in [7, 11) is 0. The monoisotopic (exact) mass is 248 g/mol. The highest BCUT2D eigenvalue weighted by Crippen LogP contribution is 2.41. The summed E-state index contributed by atoms with van der Waals surface area (Å²) in [6, 6.07) is 0. The molecule has 0 bridgehead atoms. The summed E-state index contributed by atoms with van der Waals surface area (Å²) in [6.45, 7) is 8.40. The third kappa shape index (κ3) is 2.89. The normalized spacial score (nSPS) is 21.8. The molecule has 0 radical (unpaired) electrons. The number of aliphatic hydroxyl groups excluding tert-OH is 1. The van der Waals surface area contributed by atoms with Gasteiger partial charge >= 0.3 is 0 Å². The molecule has 1 aliphatic carbocycles. The average molecular weight is 248 g/mol. The van der Waals surface area contributed by atoms with Gasteiger partial charge in [0.1, 0.15) is 5.82 Å². The second-order valence-corrected chi connectivity index (χ2v) is 6.38. The van der Waals surface area contributed by atoms with Crippen molar-refractivity contribution in [3.05, 3.63) is 23.3 Å². The summed E-state index contributed by atoms with van der Waals surface area (Å²) in [5.41, 5.74) is 2.24. The van der Waals surface area contributed by atoms with Crippen LogP contribution in [0, 0.1) is 12.3 Å². The van der Waals surface area contributed by atoms with Gasteiger partial charge in [-0.3, -0.25) is 0 Å². The fraction of sp³-hybridized carbons (Fsp3) is 0.733. The molecule has 1 atom stereocenters. The van der Waals surface area contributed by atoms with E-state index in [1.165, 1.54) is 25.7 Å². The summed E-state index contributed by atoms with van der Waals surface area (Å²) in [5.74, 6) is 1.46. The molecule has 18 heavy (non-hydrogen) atoms. The molecule has 2 rings (SSSR count). The average Bonchev–Trinajstić information content (AvgIpc) is 2.28. The predicted molar refractivity (Wildman–Crippen MR) is 72.4 cm³/mol. The summed E-state index contributed by atoms with van der Waals surface area (Å²) >= 11 is 0. The minimum absolute atomic E-state index is 0.477. The minimum atomic E-state index is -0.482.